The van der Waals surface area contributed by atoms with Crippen molar-refractivity contribution >= 4 is 21.7 Å². The van der Waals surface area contributed by atoms with Crippen LogP contribution in [0.25, 0.3) is 0 Å². The minimum Gasteiger partial charge on any atom is -0.476 e. The lowest BCUT2D eigenvalue weighted by Gasteiger charge is -2.27. The van der Waals surface area contributed by atoms with Crippen LogP contribution in [0.1, 0.15) is 41.1 Å². The van der Waals surface area contributed by atoms with Crippen LogP contribution in [0.2, 0.25) is 0 Å². The molecule has 0 bridgehead atoms. The fourth-order valence-corrected chi connectivity index (χ4v) is 4.85. The van der Waals surface area contributed by atoms with E-state index in [4.69, 9.17) is 0 Å². The third-order valence-corrected chi connectivity index (χ3v) is 6.04. The lowest BCUT2D eigenvalue weighted by atomic mass is 10.0. The van der Waals surface area contributed by atoms with Crippen molar-refractivity contribution in [3.8, 4) is 0 Å². The standard InChI is InChI=1S/C13H17N3O5S/c1-8(17)15-4-2-11-10(6-15)12(13(18)19)14-16(11)9-3-5-22(20,21)7-9/h9H,2-7H2,1H3,(H,18,19). The first-order valence-corrected chi connectivity index (χ1v) is 8.90. The zero-order chi connectivity index (χ0) is 16.1. The molecule has 22 heavy (non-hydrogen) atoms. The number of sulfone groups is 1. The first-order valence-electron chi connectivity index (χ1n) is 7.08. The van der Waals surface area contributed by atoms with Crippen molar-refractivity contribution in [1.29, 1.82) is 0 Å². The van der Waals surface area contributed by atoms with Crippen LogP contribution in [0.15, 0.2) is 0 Å². The van der Waals surface area contributed by atoms with Crippen LogP contribution in [0.5, 0.6) is 0 Å². The SMILES string of the molecule is CC(=O)N1CCc2c(c(C(=O)O)nn2C2CCS(=O)(=O)C2)C1. The van der Waals surface area contributed by atoms with E-state index in [-0.39, 0.29) is 35.7 Å². The molecule has 1 aromatic heterocycles. The quantitative estimate of drug-likeness (QED) is 0.808. The number of hydrogen-bond acceptors (Lipinski definition) is 5. The second-order valence-electron chi connectivity index (χ2n) is 5.77. The number of hydrogen-bond donors (Lipinski definition) is 1. The number of carbonyl (C=O) groups excluding carboxylic acids is 1. The molecule has 0 aliphatic carbocycles. The first-order chi connectivity index (χ1) is 10.3. The van der Waals surface area contributed by atoms with Crippen LogP contribution in [-0.4, -0.2) is 58.1 Å². The highest BCUT2D eigenvalue weighted by Crippen LogP contribution is 2.30. The molecule has 2 aliphatic heterocycles. The number of amides is 1. The summed E-state index contributed by atoms with van der Waals surface area (Å²) in [6, 6.07) is -0.310. The minimum atomic E-state index is -3.08. The molecule has 3 heterocycles. The Balaban J connectivity index is 2.02. The summed E-state index contributed by atoms with van der Waals surface area (Å²) in [5.41, 5.74) is 1.19. The Hall–Kier alpha value is -1.90. The van der Waals surface area contributed by atoms with E-state index in [9.17, 15) is 23.1 Å². The summed E-state index contributed by atoms with van der Waals surface area (Å²) in [4.78, 5) is 24.5. The van der Waals surface area contributed by atoms with E-state index in [0.717, 1.165) is 5.69 Å². The van der Waals surface area contributed by atoms with Crippen molar-refractivity contribution in [2.75, 3.05) is 18.1 Å². The molecule has 1 N–H and O–H groups in total. The zero-order valence-corrected chi connectivity index (χ0v) is 13.0. The summed E-state index contributed by atoms with van der Waals surface area (Å²) in [6.45, 7) is 2.15. The number of aromatic nitrogens is 2. The van der Waals surface area contributed by atoms with Gasteiger partial charge in [-0.15, -0.1) is 0 Å². The molecular weight excluding hydrogens is 310 g/mol. The lowest BCUT2D eigenvalue weighted by molar-refractivity contribution is -0.129. The van der Waals surface area contributed by atoms with E-state index in [1.165, 1.54) is 6.92 Å². The molecule has 120 valence electrons. The average molecular weight is 327 g/mol. The number of fused-ring (bicyclic) bond motifs is 1. The molecule has 1 aromatic rings. The molecule has 1 saturated heterocycles. The van der Waals surface area contributed by atoms with Gasteiger partial charge in [-0.1, -0.05) is 0 Å². The van der Waals surface area contributed by atoms with Gasteiger partial charge in [0.05, 0.1) is 17.5 Å². The summed E-state index contributed by atoms with van der Waals surface area (Å²) in [5.74, 6) is -1.16. The Labute approximate surface area is 127 Å². The largest absolute Gasteiger partial charge is 0.476 e. The van der Waals surface area contributed by atoms with E-state index >= 15 is 0 Å². The number of carboxylic acids is 1. The third-order valence-electron chi connectivity index (χ3n) is 4.29. The Morgan fingerprint density at radius 1 is 1.36 bits per heavy atom. The molecule has 8 nitrogen and oxygen atoms in total. The molecule has 0 saturated carbocycles. The molecule has 1 unspecified atom stereocenters. The molecule has 0 spiro atoms. The maximum Gasteiger partial charge on any atom is 0.356 e. The van der Waals surface area contributed by atoms with Gasteiger partial charge in [-0.25, -0.2) is 13.2 Å². The van der Waals surface area contributed by atoms with Gasteiger partial charge in [0, 0.05) is 37.7 Å². The van der Waals surface area contributed by atoms with Gasteiger partial charge in [-0.2, -0.15) is 5.10 Å². The summed E-state index contributed by atoms with van der Waals surface area (Å²) in [7, 11) is -3.08. The predicted octanol–water partition coefficient (Wildman–Crippen LogP) is -0.154. The maximum atomic E-state index is 11.7. The highest BCUT2D eigenvalue weighted by atomic mass is 32.2. The normalized spacial score (nSPS) is 23.3. The van der Waals surface area contributed by atoms with Gasteiger partial charge in [0.15, 0.2) is 15.5 Å². The van der Waals surface area contributed by atoms with Crippen LogP contribution in [0, 0.1) is 0 Å². The Bertz CT molecular complexity index is 752. The molecule has 1 fully saturated rings. The van der Waals surface area contributed by atoms with Crippen molar-refractivity contribution in [2.24, 2.45) is 0 Å². The molecule has 3 rings (SSSR count). The topological polar surface area (TPSA) is 110 Å². The van der Waals surface area contributed by atoms with Crippen LogP contribution in [0.4, 0.5) is 0 Å². The molecule has 1 atom stereocenters. The maximum absolute atomic E-state index is 11.7. The Morgan fingerprint density at radius 2 is 2.09 bits per heavy atom. The van der Waals surface area contributed by atoms with E-state index in [1.54, 1.807) is 9.58 Å². The smallest absolute Gasteiger partial charge is 0.356 e. The van der Waals surface area contributed by atoms with Crippen LogP contribution in [-0.2, 0) is 27.6 Å². The van der Waals surface area contributed by atoms with Crippen molar-refractivity contribution in [2.45, 2.75) is 32.4 Å². The van der Waals surface area contributed by atoms with Crippen molar-refractivity contribution < 1.29 is 23.1 Å². The van der Waals surface area contributed by atoms with E-state index in [1.807, 2.05) is 0 Å². The van der Waals surface area contributed by atoms with Crippen LogP contribution < -0.4 is 0 Å². The van der Waals surface area contributed by atoms with Crippen LogP contribution >= 0.6 is 0 Å². The van der Waals surface area contributed by atoms with E-state index in [0.29, 0.717) is 24.9 Å². The van der Waals surface area contributed by atoms with Gasteiger partial charge in [0.2, 0.25) is 5.91 Å². The average Bonchev–Trinajstić information content (AvgIpc) is 2.98. The lowest BCUT2D eigenvalue weighted by Crippen LogP contribution is -2.35. The molecule has 1 amide bonds. The van der Waals surface area contributed by atoms with Crippen LogP contribution in [0.3, 0.4) is 0 Å². The first kappa shape index (κ1) is 15.0. The predicted molar refractivity (Wildman–Crippen MR) is 76.3 cm³/mol. The summed E-state index contributed by atoms with van der Waals surface area (Å²) in [5, 5.41) is 13.5. The Kier molecular flexibility index (Phi) is 3.47. The van der Waals surface area contributed by atoms with Gasteiger partial charge in [-0.3, -0.25) is 9.48 Å². The fourth-order valence-electron chi connectivity index (χ4n) is 3.16. The van der Waals surface area contributed by atoms with Gasteiger partial charge < -0.3 is 10.0 Å². The monoisotopic (exact) mass is 327 g/mol. The summed E-state index contributed by atoms with van der Waals surface area (Å²) in [6.07, 6.45) is 0.942. The minimum absolute atomic E-state index is 0.00337. The third kappa shape index (κ3) is 2.49. The molecule has 0 radical (unpaired) electrons. The molecule has 2 aliphatic rings. The second kappa shape index (κ2) is 5.08. The fraction of sp³-hybridized carbons (Fsp3) is 0.615. The zero-order valence-electron chi connectivity index (χ0n) is 12.2. The number of rotatable bonds is 2. The molecular formula is C13H17N3O5S. The van der Waals surface area contributed by atoms with Gasteiger partial charge in [0.25, 0.3) is 0 Å². The van der Waals surface area contributed by atoms with Gasteiger partial charge in [-0.05, 0) is 6.42 Å². The van der Waals surface area contributed by atoms with Crippen molar-refractivity contribution in [1.82, 2.24) is 14.7 Å². The second-order valence-corrected chi connectivity index (χ2v) is 8.00. The number of aromatic carboxylic acids is 1. The number of carboxylic acid groups (broad SMARTS) is 1. The highest BCUT2D eigenvalue weighted by molar-refractivity contribution is 7.91. The molecule has 0 aromatic carbocycles. The van der Waals surface area contributed by atoms with Crippen molar-refractivity contribution in [3.05, 3.63) is 17.0 Å². The summed E-state index contributed by atoms with van der Waals surface area (Å²) < 4.78 is 24.9. The van der Waals surface area contributed by atoms with E-state index in [2.05, 4.69) is 5.10 Å². The van der Waals surface area contributed by atoms with E-state index < -0.39 is 15.8 Å². The van der Waals surface area contributed by atoms with Gasteiger partial charge in [0.1, 0.15) is 0 Å². The molecule has 9 heteroatoms. The Morgan fingerprint density at radius 3 is 2.64 bits per heavy atom. The highest BCUT2D eigenvalue weighted by Gasteiger charge is 2.35. The number of carbonyl (C=O) groups is 2. The number of nitrogens with zero attached hydrogens (tertiary/aromatic N) is 3. The summed E-state index contributed by atoms with van der Waals surface area (Å²) >= 11 is 0. The van der Waals surface area contributed by atoms with Gasteiger partial charge >= 0.3 is 5.97 Å². The van der Waals surface area contributed by atoms with Crippen molar-refractivity contribution in [3.63, 3.8) is 0 Å².